The summed E-state index contributed by atoms with van der Waals surface area (Å²) in [7, 11) is 0. The molecule has 116 valence electrons. The number of aromatic nitrogens is 2. The number of hydrogen-bond donors (Lipinski definition) is 3. The summed E-state index contributed by atoms with van der Waals surface area (Å²) in [6.07, 6.45) is 5.81. The molecule has 0 radical (unpaired) electrons. The summed E-state index contributed by atoms with van der Waals surface area (Å²) in [6, 6.07) is -0.0647. The first-order chi connectivity index (χ1) is 10.0. The molecule has 21 heavy (non-hydrogen) atoms. The molecule has 1 heterocycles. The number of aromatic amines is 1. The third-order valence-electron chi connectivity index (χ3n) is 4.49. The summed E-state index contributed by atoms with van der Waals surface area (Å²) >= 11 is 0. The maximum absolute atomic E-state index is 12.4. The molecule has 6 nitrogen and oxygen atoms in total. The topological polar surface area (TPSA) is 101 Å². The predicted octanol–water partition coefficient (Wildman–Crippen LogP) is 1.02. The van der Waals surface area contributed by atoms with E-state index < -0.39 is 5.56 Å². The second-order valence-electron chi connectivity index (χ2n) is 5.85. The number of amides is 1. The van der Waals surface area contributed by atoms with Crippen molar-refractivity contribution >= 4 is 5.91 Å². The van der Waals surface area contributed by atoms with Crippen LogP contribution in [0.1, 0.15) is 53.7 Å². The number of nitrogens with zero attached hydrogens (tertiary/aromatic N) is 1. The lowest BCUT2D eigenvalue weighted by Crippen LogP contribution is -2.47. The highest BCUT2D eigenvalue weighted by atomic mass is 16.2. The minimum atomic E-state index is -0.449. The Kier molecular flexibility index (Phi) is 5.12. The molecule has 1 amide bonds. The van der Waals surface area contributed by atoms with Crippen LogP contribution in [-0.2, 0) is 0 Å². The molecule has 1 aliphatic carbocycles. The molecule has 1 unspecified atom stereocenters. The Morgan fingerprint density at radius 1 is 1.38 bits per heavy atom. The van der Waals surface area contributed by atoms with E-state index in [1.807, 2.05) is 0 Å². The van der Waals surface area contributed by atoms with Gasteiger partial charge in [0.25, 0.3) is 11.5 Å². The third-order valence-corrected chi connectivity index (χ3v) is 4.49. The smallest absolute Gasteiger partial charge is 0.277 e. The minimum Gasteiger partial charge on any atom is -0.348 e. The van der Waals surface area contributed by atoms with Gasteiger partial charge in [0, 0.05) is 12.6 Å². The molecule has 0 bridgehead atoms. The third kappa shape index (κ3) is 3.50. The van der Waals surface area contributed by atoms with E-state index in [0.717, 1.165) is 12.8 Å². The Morgan fingerprint density at radius 2 is 2.05 bits per heavy atom. The summed E-state index contributed by atoms with van der Waals surface area (Å²) in [5, 5.41) is 9.18. The molecule has 1 aliphatic rings. The Hall–Kier alpha value is -1.69. The molecule has 2 rings (SSSR count). The van der Waals surface area contributed by atoms with Gasteiger partial charge in [-0.25, -0.2) is 5.10 Å². The quantitative estimate of drug-likeness (QED) is 0.771. The summed E-state index contributed by atoms with van der Waals surface area (Å²) in [5.41, 5.74) is 6.80. The number of H-pyrrole nitrogens is 1. The Morgan fingerprint density at radius 3 is 2.67 bits per heavy atom. The first kappa shape index (κ1) is 15.7. The van der Waals surface area contributed by atoms with Gasteiger partial charge in [-0.1, -0.05) is 19.3 Å². The lowest BCUT2D eigenvalue weighted by Gasteiger charge is -2.30. The summed E-state index contributed by atoms with van der Waals surface area (Å²) < 4.78 is 0. The lowest BCUT2D eigenvalue weighted by molar-refractivity contribution is 0.0913. The van der Waals surface area contributed by atoms with Gasteiger partial charge in [0.05, 0.1) is 5.69 Å². The van der Waals surface area contributed by atoms with Gasteiger partial charge >= 0.3 is 0 Å². The number of carbonyl (C=O) groups excluding carboxylic acids is 1. The SMILES string of the molecule is Cc1n[nH]c(=O)c(C(=O)NC(CN)C2CCCCC2)c1C. The van der Waals surface area contributed by atoms with Crippen molar-refractivity contribution in [2.75, 3.05) is 6.54 Å². The van der Waals surface area contributed by atoms with E-state index in [0.29, 0.717) is 23.7 Å². The second kappa shape index (κ2) is 6.85. The monoisotopic (exact) mass is 292 g/mol. The van der Waals surface area contributed by atoms with E-state index in [1.54, 1.807) is 13.8 Å². The van der Waals surface area contributed by atoms with Crippen molar-refractivity contribution in [1.29, 1.82) is 0 Å². The van der Waals surface area contributed by atoms with Gasteiger partial charge < -0.3 is 11.1 Å². The number of nitrogens with one attached hydrogen (secondary N) is 2. The molecule has 0 saturated heterocycles. The van der Waals surface area contributed by atoms with Crippen molar-refractivity contribution < 1.29 is 4.79 Å². The molecule has 0 aromatic carbocycles. The number of nitrogens with two attached hydrogens (primary N) is 1. The van der Waals surface area contributed by atoms with Crippen LogP contribution in [0.3, 0.4) is 0 Å². The van der Waals surface area contributed by atoms with Crippen molar-refractivity contribution in [2.24, 2.45) is 11.7 Å². The largest absolute Gasteiger partial charge is 0.348 e. The lowest BCUT2D eigenvalue weighted by atomic mass is 9.84. The first-order valence-corrected chi connectivity index (χ1v) is 7.61. The Bertz CT molecular complexity index is 561. The van der Waals surface area contributed by atoms with Gasteiger partial charge in [0.15, 0.2) is 0 Å². The number of rotatable bonds is 4. The predicted molar refractivity (Wildman–Crippen MR) is 81.2 cm³/mol. The van der Waals surface area contributed by atoms with Crippen LogP contribution in [0.25, 0.3) is 0 Å². The van der Waals surface area contributed by atoms with E-state index in [9.17, 15) is 9.59 Å². The molecule has 1 saturated carbocycles. The van der Waals surface area contributed by atoms with Crippen molar-refractivity contribution in [1.82, 2.24) is 15.5 Å². The van der Waals surface area contributed by atoms with Crippen molar-refractivity contribution in [3.8, 4) is 0 Å². The van der Waals surface area contributed by atoms with E-state index >= 15 is 0 Å². The number of aryl methyl sites for hydroxylation is 1. The fourth-order valence-electron chi connectivity index (χ4n) is 3.05. The minimum absolute atomic E-state index is 0.0647. The zero-order valence-corrected chi connectivity index (χ0v) is 12.7. The first-order valence-electron chi connectivity index (χ1n) is 7.61. The van der Waals surface area contributed by atoms with Crippen LogP contribution in [0.4, 0.5) is 0 Å². The van der Waals surface area contributed by atoms with Gasteiger partial charge in [0.2, 0.25) is 0 Å². The van der Waals surface area contributed by atoms with E-state index in [4.69, 9.17) is 5.73 Å². The molecule has 1 atom stereocenters. The van der Waals surface area contributed by atoms with Crippen LogP contribution in [-0.4, -0.2) is 28.7 Å². The molecular formula is C15H24N4O2. The maximum Gasteiger partial charge on any atom is 0.277 e. The highest BCUT2D eigenvalue weighted by molar-refractivity contribution is 5.95. The fraction of sp³-hybridized carbons (Fsp3) is 0.667. The van der Waals surface area contributed by atoms with Crippen LogP contribution in [0.5, 0.6) is 0 Å². The highest BCUT2D eigenvalue weighted by Gasteiger charge is 2.26. The normalized spacial score (nSPS) is 17.5. The van der Waals surface area contributed by atoms with Crippen molar-refractivity contribution in [3.05, 3.63) is 27.2 Å². The molecule has 0 aliphatic heterocycles. The zero-order valence-electron chi connectivity index (χ0n) is 12.7. The highest BCUT2D eigenvalue weighted by Crippen LogP contribution is 2.26. The van der Waals surface area contributed by atoms with Gasteiger partial charge in [-0.05, 0) is 38.2 Å². The van der Waals surface area contributed by atoms with Crippen LogP contribution in [0, 0.1) is 19.8 Å². The molecule has 4 N–H and O–H groups in total. The number of hydrogen-bond acceptors (Lipinski definition) is 4. The molecule has 1 aromatic heterocycles. The zero-order chi connectivity index (χ0) is 15.4. The van der Waals surface area contributed by atoms with Gasteiger partial charge in [-0.15, -0.1) is 0 Å². The fourth-order valence-corrected chi connectivity index (χ4v) is 3.05. The molecule has 6 heteroatoms. The van der Waals surface area contributed by atoms with Crippen molar-refractivity contribution in [2.45, 2.75) is 52.0 Å². The van der Waals surface area contributed by atoms with E-state index in [1.165, 1.54) is 19.3 Å². The Balaban J connectivity index is 2.16. The summed E-state index contributed by atoms with van der Waals surface area (Å²) in [6.45, 7) is 3.91. The number of carbonyl (C=O) groups is 1. The average molecular weight is 292 g/mol. The summed E-state index contributed by atoms with van der Waals surface area (Å²) in [4.78, 5) is 24.3. The average Bonchev–Trinajstić information content (AvgIpc) is 2.50. The summed E-state index contributed by atoms with van der Waals surface area (Å²) in [5.74, 6) is 0.0651. The van der Waals surface area contributed by atoms with Crippen molar-refractivity contribution in [3.63, 3.8) is 0 Å². The molecule has 0 spiro atoms. The molecule has 1 fully saturated rings. The van der Waals surface area contributed by atoms with Gasteiger partial charge in [-0.3, -0.25) is 9.59 Å². The van der Waals surface area contributed by atoms with Crippen LogP contribution >= 0.6 is 0 Å². The standard InChI is InChI=1S/C15H24N4O2/c1-9-10(2)18-19-15(21)13(9)14(20)17-12(8-16)11-6-4-3-5-7-11/h11-12H,3-8,16H2,1-2H3,(H,17,20)(H,19,21). The second-order valence-corrected chi connectivity index (χ2v) is 5.85. The molecule has 1 aromatic rings. The Labute approximate surface area is 124 Å². The van der Waals surface area contributed by atoms with Gasteiger partial charge in [-0.2, -0.15) is 5.10 Å². The van der Waals surface area contributed by atoms with Crippen LogP contribution in [0.2, 0.25) is 0 Å². The maximum atomic E-state index is 12.4. The van der Waals surface area contributed by atoms with Crippen LogP contribution < -0.4 is 16.6 Å². The molecular weight excluding hydrogens is 268 g/mol. The van der Waals surface area contributed by atoms with E-state index in [2.05, 4.69) is 15.5 Å². The van der Waals surface area contributed by atoms with Crippen LogP contribution in [0.15, 0.2) is 4.79 Å². The van der Waals surface area contributed by atoms with E-state index in [-0.39, 0.29) is 17.5 Å². The van der Waals surface area contributed by atoms with Gasteiger partial charge in [0.1, 0.15) is 5.56 Å².